The summed E-state index contributed by atoms with van der Waals surface area (Å²) in [5, 5.41) is 25.3. The van der Waals surface area contributed by atoms with Crippen LogP contribution in [-0.2, 0) is 24.4 Å². The molecule has 4 heterocycles. The van der Waals surface area contributed by atoms with Crippen molar-refractivity contribution in [2.24, 2.45) is 7.05 Å². The average Bonchev–Trinajstić information content (AvgIpc) is 3.66. The molecule has 0 radical (unpaired) electrons. The summed E-state index contributed by atoms with van der Waals surface area (Å²) < 4.78 is 43.4. The van der Waals surface area contributed by atoms with Crippen LogP contribution in [0.5, 0.6) is 0 Å². The van der Waals surface area contributed by atoms with Crippen LogP contribution < -0.4 is 21.3 Å². The summed E-state index contributed by atoms with van der Waals surface area (Å²) in [7, 11) is 1.42. The summed E-state index contributed by atoms with van der Waals surface area (Å²) in [6.07, 6.45) is 1.85. The van der Waals surface area contributed by atoms with Crippen LogP contribution in [0.4, 0.5) is 24.7 Å². The van der Waals surface area contributed by atoms with E-state index in [9.17, 15) is 27.9 Å². The smallest absolute Gasteiger partial charge is 0.389 e. The van der Waals surface area contributed by atoms with Gasteiger partial charge in [0.05, 0.1) is 29.1 Å². The molecule has 43 heavy (non-hydrogen) atoms. The number of carbonyl (C=O) groups excluding carboxylic acids is 2. The molecular weight excluding hydrogens is 567 g/mol. The number of aromatic nitrogens is 5. The molecule has 0 saturated carbocycles. The molecule has 1 aliphatic rings. The summed E-state index contributed by atoms with van der Waals surface area (Å²) in [6.45, 7) is 4.37. The molecule has 228 valence electrons. The summed E-state index contributed by atoms with van der Waals surface area (Å²) in [5.41, 5.74) is 0.334. The molecule has 2 unspecified atom stereocenters. The Balaban J connectivity index is 1.26. The SMILES string of the molecule is CCc1cc(Nc2nccn3c(-c4cn(C)nc4C(F)(F)F)cnc23)ccc1C(=O)NCCNC(=O)C1CC(C)(O)CN1. The van der Waals surface area contributed by atoms with Gasteiger partial charge in [-0.3, -0.25) is 18.7 Å². The number of aryl methyl sites for hydroxylation is 2. The van der Waals surface area contributed by atoms with Gasteiger partial charge in [-0.15, -0.1) is 0 Å². The number of nitrogens with one attached hydrogen (secondary N) is 4. The van der Waals surface area contributed by atoms with Crippen molar-refractivity contribution in [3.8, 4) is 11.3 Å². The summed E-state index contributed by atoms with van der Waals surface area (Å²) in [6, 6.07) is 4.69. The quantitative estimate of drug-likeness (QED) is 0.184. The number of halogens is 3. The van der Waals surface area contributed by atoms with Crippen molar-refractivity contribution < 1.29 is 27.9 Å². The van der Waals surface area contributed by atoms with Gasteiger partial charge in [-0.05, 0) is 37.1 Å². The number of aliphatic hydroxyl groups is 1. The van der Waals surface area contributed by atoms with E-state index in [0.29, 0.717) is 42.1 Å². The van der Waals surface area contributed by atoms with Crippen molar-refractivity contribution >= 4 is 29.0 Å². The molecule has 1 fully saturated rings. The maximum Gasteiger partial charge on any atom is 0.435 e. The lowest BCUT2D eigenvalue weighted by molar-refractivity contribution is -0.141. The molecule has 1 aliphatic heterocycles. The maximum atomic E-state index is 13.6. The Morgan fingerprint density at radius 2 is 1.98 bits per heavy atom. The summed E-state index contributed by atoms with van der Waals surface area (Å²) in [5.74, 6) is -0.208. The number of β-amino-alcohol motifs (C(OH)–C–C–N with tert-alkyl or cyclic N) is 1. The number of amides is 2. The van der Waals surface area contributed by atoms with Crippen LogP contribution in [-0.4, -0.2) is 72.3 Å². The van der Waals surface area contributed by atoms with Crippen LogP contribution >= 0.6 is 0 Å². The number of hydrogen-bond donors (Lipinski definition) is 5. The third-order valence-corrected chi connectivity index (χ3v) is 7.19. The van der Waals surface area contributed by atoms with E-state index in [4.69, 9.17) is 0 Å². The van der Waals surface area contributed by atoms with Gasteiger partial charge in [0.2, 0.25) is 5.91 Å². The fourth-order valence-electron chi connectivity index (χ4n) is 5.11. The first kappa shape index (κ1) is 30.0. The van der Waals surface area contributed by atoms with Crippen LogP contribution in [0.25, 0.3) is 16.9 Å². The molecule has 2 amide bonds. The number of anilines is 2. The third kappa shape index (κ3) is 6.46. The van der Waals surface area contributed by atoms with E-state index < -0.39 is 23.5 Å². The minimum absolute atomic E-state index is 0.105. The Morgan fingerprint density at radius 3 is 2.67 bits per heavy atom. The first-order valence-electron chi connectivity index (χ1n) is 13.7. The number of carbonyl (C=O) groups is 2. The third-order valence-electron chi connectivity index (χ3n) is 7.19. The zero-order valence-electron chi connectivity index (χ0n) is 23.8. The van der Waals surface area contributed by atoms with Crippen LogP contribution in [0.3, 0.4) is 0 Å². The highest BCUT2D eigenvalue weighted by Gasteiger charge is 2.38. The molecule has 15 heteroatoms. The first-order chi connectivity index (χ1) is 20.4. The van der Waals surface area contributed by atoms with Crippen molar-refractivity contribution in [2.75, 3.05) is 25.0 Å². The zero-order chi connectivity index (χ0) is 30.9. The van der Waals surface area contributed by atoms with Crippen molar-refractivity contribution in [3.05, 3.63) is 59.8 Å². The van der Waals surface area contributed by atoms with E-state index in [1.165, 1.54) is 36.2 Å². The van der Waals surface area contributed by atoms with Gasteiger partial charge in [0.25, 0.3) is 5.91 Å². The van der Waals surface area contributed by atoms with Crippen LogP contribution in [0, 0.1) is 0 Å². The molecule has 0 bridgehead atoms. The molecule has 12 nitrogen and oxygen atoms in total. The lowest BCUT2D eigenvalue weighted by Crippen LogP contribution is -2.43. The highest BCUT2D eigenvalue weighted by atomic mass is 19.4. The van der Waals surface area contributed by atoms with Crippen molar-refractivity contribution in [1.82, 2.24) is 40.1 Å². The predicted octanol–water partition coefficient (Wildman–Crippen LogP) is 2.41. The fraction of sp³-hybridized carbons (Fsp3) is 0.393. The Morgan fingerprint density at radius 1 is 1.21 bits per heavy atom. The predicted molar refractivity (Wildman–Crippen MR) is 152 cm³/mol. The van der Waals surface area contributed by atoms with Gasteiger partial charge in [-0.1, -0.05) is 6.92 Å². The standard InChI is InChI=1S/C28H32F3N9O3/c1-4-16-11-17(5-6-18(16)25(41)33-7-8-34-26(42)20-12-27(2,43)15-36-20)37-23-24-35-13-21(40(24)10-9-32-23)19-14-39(3)38-22(19)28(29,30)31/h5-6,9-11,13-14,20,36,43H,4,7-8,12,15H2,1-3H3,(H,32,37)(H,33,41)(H,34,42). The van der Waals surface area contributed by atoms with E-state index in [0.717, 1.165) is 10.2 Å². The Labute approximate surface area is 244 Å². The minimum atomic E-state index is -4.64. The second-order valence-corrected chi connectivity index (χ2v) is 10.7. The fourth-order valence-corrected chi connectivity index (χ4v) is 5.11. The molecule has 5 rings (SSSR count). The van der Waals surface area contributed by atoms with Gasteiger partial charge in [0, 0.05) is 62.9 Å². The highest BCUT2D eigenvalue weighted by Crippen LogP contribution is 2.36. The number of benzene rings is 1. The van der Waals surface area contributed by atoms with Crippen LogP contribution in [0.2, 0.25) is 0 Å². The number of alkyl halides is 3. The molecule has 3 aromatic heterocycles. The van der Waals surface area contributed by atoms with Crippen molar-refractivity contribution in [2.45, 2.75) is 44.5 Å². The maximum absolute atomic E-state index is 13.6. The first-order valence-corrected chi connectivity index (χ1v) is 13.7. The molecule has 4 aromatic rings. The van der Waals surface area contributed by atoms with Gasteiger partial charge >= 0.3 is 6.18 Å². The molecule has 5 N–H and O–H groups in total. The molecular formula is C28H32F3N9O3. The molecule has 1 saturated heterocycles. The second kappa shape index (κ2) is 11.6. The monoisotopic (exact) mass is 599 g/mol. The second-order valence-electron chi connectivity index (χ2n) is 10.7. The van der Waals surface area contributed by atoms with Crippen molar-refractivity contribution in [3.63, 3.8) is 0 Å². The number of rotatable bonds is 9. The Bertz CT molecular complexity index is 1660. The average molecular weight is 600 g/mol. The normalized spacial score (nSPS) is 18.6. The Kier molecular flexibility index (Phi) is 8.12. The van der Waals surface area contributed by atoms with Gasteiger partial charge in [-0.25, -0.2) is 9.97 Å². The largest absolute Gasteiger partial charge is 0.435 e. The highest BCUT2D eigenvalue weighted by molar-refractivity contribution is 5.96. The number of hydrogen-bond acceptors (Lipinski definition) is 8. The van der Waals surface area contributed by atoms with Crippen molar-refractivity contribution in [1.29, 1.82) is 0 Å². The van der Waals surface area contributed by atoms with E-state index in [1.54, 1.807) is 25.1 Å². The molecule has 0 aliphatic carbocycles. The van der Waals surface area contributed by atoms with Crippen LogP contribution in [0.1, 0.15) is 41.9 Å². The zero-order valence-corrected chi connectivity index (χ0v) is 23.8. The molecule has 2 atom stereocenters. The molecule has 1 aromatic carbocycles. The van der Waals surface area contributed by atoms with Gasteiger partial charge < -0.3 is 26.4 Å². The number of imidazole rings is 1. The van der Waals surface area contributed by atoms with Gasteiger partial charge in [-0.2, -0.15) is 18.3 Å². The van der Waals surface area contributed by atoms with E-state index in [2.05, 4.69) is 36.3 Å². The van der Waals surface area contributed by atoms with Crippen LogP contribution in [0.15, 0.2) is 43.0 Å². The van der Waals surface area contributed by atoms with E-state index in [-0.39, 0.29) is 36.2 Å². The number of fused-ring (bicyclic) bond motifs is 1. The molecule has 0 spiro atoms. The topological polar surface area (TPSA) is 150 Å². The minimum Gasteiger partial charge on any atom is -0.389 e. The van der Waals surface area contributed by atoms with Gasteiger partial charge in [0.15, 0.2) is 17.2 Å². The lowest BCUT2D eigenvalue weighted by atomic mass is 10.0. The summed E-state index contributed by atoms with van der Waals surface area (Å²) in [4.78, 5) is 33.8. The Hall–Kier alpha value is -4.50. The van der Waals surface area contributed by atoms with Gasteiger partial charge in [0.1, 0.15) is 0 Å². The van der Waals surface area contributed by atoms with E-state index >= 15 is 0 Å². The number of nitrogens with zero attached hydrogens (tertiary/aromatic N) is 5. The summed E-state index contributed by atoms with van der Waals surface area (Å²) >= 11 is 0. The van der Waals surface area contributed by atoms with E-state index in [1.807, 2.05) is 6.92 Å². The lowest BCUT2D eigenvalue weighted by Gasteiger charge is -2.15.